The zero-order valence-electron chi connectivity index (χ0n) is 9.13. The van der Waals surface area contributed by atoms with E-state index in [1.165, 1.54) is 45.1 Å². The van der Waals surface area contributed by atoms with Crippen LogP contribution in [0, 0.1) is 5.92 Å². The van der Waals surface area contributed by atoms with E-state index in [0.29, 0.717) is 0 Å². The summed E-state index contributed by atoms with van der Waals surface area (Å²) < 4.78 is 0. The number of hydrogen-bond acceptors (Lipinski definition) is 1. The van der Waals surface area contributed by atoms with Gasteiger partial charge in [-0.1, -0.05) is 19.8 Å². The van der Waals surface area contributed by atoms with Crippen molar-refractivity contribution in [3.63, 3.8) is 0 Å². The predicted molar refractivity (Wildman–Crippen MR) is 56.8 cm³/mol. The van der Waals surface area contributed by atoms with E-state index in [4.69, 9.17) is 0 Å². The third-order valence-corrected chi connectivity index (χ3v) is 4.18. The molecule has 76 valence electrons. The molecule has 0 aromatic carbocycles. The van der Waals surface area contributed by atoms with Gasteiger partial charge in [-0.3, -0.25) is 4.90 Å². The molecule has 2 fully saturated rings. The Balaban J connectivity index is 2.04. The minimum absolute atomic E-state index is 0.851. The van der Waals surface area contributed by atoms with Gasteiger partial charge >= 0.3 is 0 Å². The van der Waals surface area contributed by atoms with Gasteiger partial charge in [-0.2, -0.15) is 0 Å². The van der Waals surface area contributed by atoms with E-state index >= 15 is 0 Å². The highest BCUT2D eigenvalue weighted by atomic mass is 15.2. The number of rotatable bonds is 1. The Morgan fingerprint density at radius 3 is 2.62 bits per heavy atom. The van der Waals surface area contributed by atoms with Gasteiger partial charge in [-0.25, -0.2) is 0 Å². The van der Waals surface area contributed by atoms with Gasteiger partial charge in [0, 0.05) is 12.1 Å². The third-order valence-electron chi connectivity index (χ3n) is 4.18. The minimum Gasteiger partial charge on any atom is -0.298 e. The summed E-state index contributed by atoms with van der Waals surface area (Å²) in [4.78, 5) is 2.76. The average molecular weight is 181 g/mol. The number of nitrogens with zero attached hydrogens (tertiary/aromatic N) is 1. The third kappa shape index (κ3) is 1.76. The van der Waals surface area contributed by atoms with Gasteiger partial charge < -0.3 is 0 Å². The summed E-state index contributed by atoms with van der Waals surface area (Å²) >= 11 is 0. The molecule has 0 aromatic heterocycles. The van der Waals surface area contributed by atoms with Crippen LogP contribution >= 0.6 is 0 Å². The van der Waals surface area contributed by atoms with Gasteiger partial charge in [-0.15, -0.1) is 0 Å². The lowest BCUT2D eigenvalue weighted by Crippen LogP contribution is -2.50. The van der Waals surface area contributed by atoms with Crippen LogP contribution in [0.5, 0.6) is 0 Å². The summed E-state index contributed by atoms with van der Waals surface area (Å²) in [5, 5.41) is 0. The maximum absolute atomic E-state index is 2.76. The molecular formula is C12H23N. The molecule has 2 aliphatic rings. The Bertz CT molecular complexity index is 167. The van der Waals surface area contributed by atoms with Gasteiger partial charge in [0.15, 0.2) is 0 Å². The number of piperidine rings is 1. The minimum atomic E-state index is 0.851. The standard InChI is InChI=1S/C12H23N/c1-3-13-10(2)8-9-11-6-4-5-7-12(11)13/h10-12H,3-9H2,1-2H3/t10?,11-,12-/m1/s1. The molecule has 3 atom stereocenters. The maximum atomic E-state index is 2.76. The molecule has 1 saturated carbocycles. The van der Waals surface area contributed by atoms with Crippen LogP contribution in [0.2, 0.25) is 0 Å². The second-order valence-electron chi connectivity index (χ2n) is 4.87. The summed E-state index contributed by atoms with van der Waals surface area (Å²) in [5.41, 5.74) is 0. The molecule has 0 N–H and O–H groups in total. The van der Waals surface area contributed by atoms with Gasteiger partial charge in [-0.05, 0) is 45.1 Å². The van der Waals surface area contributed by atoms with Crippen LogP contribution in [-0.2, 0) is 0 Å². The highest BCUT2D eigenvalue weighted by molar-refractivity contribution is 4.89. The Kier molecular flexibility index (Phi) is 2.92. The molecule has 0 radical (unpaired) electrons. The van der Waals surface area contributed by atoms with Crippen molar-refractivity contribution < 1.29 is 0 Å². The summed E-state index contributed by atoms with van der Waals surface area (Å²) in [6, 6.07) is 1.80. The van der Waals surface area contributed by atoms with Crippen LogP contribution in [-0.4, -0.2) is 23.5 Å². The van der Waals surface area contributed by atoms with E-state index < -0.39 is 0 Å². The smallest absolute Gasteiger partial charge is 0.0126 e. The highest BCUT2D eigenvalue weighted by Crippen LogP contribution is 2.37. The Hall–Kier alpha value is -0.0400. The first-order chi connectivity index (χ1) is 6.33. The fourth-order valence-corrected chi connectivity index (χ4v) is 3.46. The monoisotopic (exact) mass is 181 g/mol. The molecule has 0 spiro atoms. The van der Waals surface area contributed by atoms with E-state index in [9.17, 15) is 0 Å². The number of hydrogen-bond donors (Lipinski definition) is 0. The average Bonchev–Trinajstić information content (AvgIpc) is 2.18. The fraction of sp³-hybridized carbons (Fsp3) is 1.00. The molecule has 1 aliphatic heterocycles. The molecule has 0 aromatic rings. The van der Waals surface area contributed by atoms with E-state index in [1.54, 1.807) is 0 Å². The Labute approximate surface area is 82.5 Å². The molecule has 0 bridgehead atoms. The largest absolute Gasteiger partial charge is 0.298 e. The molecule has 1 unspecified atom stereocenters. The van der Waals surface area contributed by atoms with Crippen LogP contribution in [0.4, 0.5) is 0 Å². The SMILES string of the molecule is CCN1C(C)CC[C@H]2CCCC[C@H]21. The molecule has 1 heterocycles. The zero-order chi connectivity index (χ0) is 9.26. The molecule has 1 saturated heterocycles. The lowest BCUT2D eigenvalue weighted by atomic mass is 9.76. The fourth-order valence-electron chi connectivity index (χ4n) is 3.46. The van der Waals surface area contributed by atoms with Crippen molar-refractivity contribution >= 4 is 0 Å². The number of fused-ring (bicyclic) bond motifs is 1. The second kappa shape index (κ2) is 4.00. The van der Waals surface area contributed by atoms with Gasteiger partial charge in [0.2, 0.25) is 0 Å². The lowest BCUT2D eigenvalue weighted by molar-refractivity contribution is 0.0266. The highest BCUT2D eigenvalue weighted by Gasteiger charge is 2.35. The van der Waals surface area contributed by atoms with Gasteiger partial charge in [0.25, 0.3) is 0 Å². The van der Waals surface area contributed by atoms with Crippen LogP contribution in [0.15, 0.2) is 0 Å². The lowest BCUT2D eigenvalue weighted by Gasteiger charge is -2.47. The first-order valence-electron chi connectivity index (χ1n) is 6.08. The van der Waals surface area contributed by atoms with Crippen molar-refractivity contribution in [2.45, 2.75) is 64.5 Å². The summed E-state index contributed by atoms with van der Waals surface area (Å²) in [6.45, 7) is 6.00. The normalized spacial score (nSPS) is 41.5. The molecule has 13 heavy (non-hydrogen) atoms. The van der Waals surface area contributed by atoms with E-state index in [2.05, 4.69) is 18.7 Å². The van der Waals surface area contributed by atoms with Crippen molar-refractivity contribution in [3.8, 4) is 0 Å². The van der Waals surface area contributed by atoms with Crippen LogP contribution in [0.3, 0.4) is 0 Å². The molecule has 0 amide bonds. The molecular weight excluding hydrogens is 158 g/mol. The van der Waals surface area contributed by atoms with E-state index in [0.717, 1.165) is 18.0 Å². The molecule has 1 nitrogen and oxygen atoms in total. The summed E-state index contributed by atoms with van der Waals surface area (Å²) in [6.07, 6.45) is 8.89. The van der Waals surface area contributed by atoms with Crippen molar-refractivity contribution in [1.29, 1.82) is 0 Å². The molecule has 1 heteroatoms. The van der Waals surface area contributed by atoms with Crippen LogP contribution in [0.1, 0.15) is 52.4 Å². The summed E-state index contributed by atoms with van der Waals surface area (Å²) in [7, 11) is 0. The summed E-state index contributed by atoms with van der Waals surface area (Å²) in [5.74, 6) is 1.05. The second-order valence-corrected chi connectivity index (χ2v) is 4.87. The van der Waals surface area contributed by atoms with Crippen molar-refractivity contribution in [3.05, 3.63) is 0 Å². The van der Waals surface area contributed by atoms with Crippen molar-refractivity contribution in [2.75, 3.05) is 6.54 Å². The van der Waals surface area contributed by atoms with Gasteiger partial charge in [0.05, 0.1) is 0 Å². The predicted octanol–water partition coefficient (Wildman–Crippen LogP) is 3.05. The number of likely N-dealkylation sites (tertiary alicyclic amines) is 1. The van der Waals surface area contributed by atoms with Crippen molar-refractivity contribution in [1.82, 2.24) is 4.90 Å². The van der Waals surface area contributed by atoms with E-state index in [1.807, 2.05) is 0 Å². The zero-order valence-corrected chi connectivity index (χ0v) is 9.13. The quantitative estimate of drug-likeness (QED) is 0.601. The first kappa shape index (κ1) is 9.51. The molecule has 1 aliphatic carbocycles. The molecule has 2 rings (SSSR count). The van der Waals surface area contributed by atoms with E-state index in [-0.39, 0.29) is 0 Å². The van der Waals surface area contributed by atoms with Crippen molar-refractivity contribution in [2.24, 2.45) is 5.92 Å². The Morgan fingerprint density at radius 1 is 1.08 bits per heavy atom. The van der Waals surface area contributed by atoms with Gasteiger partial charge in [0.1, 0.15) is 0 Å². The first-order valence-corrected chi connectivity index (χ1v) is 6.08. The maximum Gasteiger partial charge on any atom is 0.0126 e. The topological polar surface area (TPSA) is 3.24 Å². The van der Waals surface area contributed by atoms with Crippen LogP contribution in [0.25, 0.3) is 0 Å². The Morgan fingerprint density at radius 2 is 1.85 bits per heavy atom. The van der Waals surface area contributed by atoms with Crippen LogP contribution < -0.4 is 0 Å².